The van der Waals surface area contributed by atoms with E-state index in [1.807, 2.05) is 6.92 Å². The Morgan fingerprint density at radius 3 is 3.20 bits per heavy atom. The van der Waals surface area contributed by atoms with Crippen LogP contribution in [-0.2, 0) is 0 Å². The van der Waals surface area contributed by atoms with Gasteiger partial charge in [-0.05, 0) is 40.5 Å². The maximum atomic E-state index is 5.55. The van der Waals surface area contributed by atoms with E-state index >= 15 is 0 Å². The van der Waals surface area contributed by atoms with E-state index in [-0.39, 0.29) is 5.92 Å². The molecule has 2 aromatic heterocycles. The molecule has 0 spiro atoms. The first-order chi connectivity index (χ1) is 7.25. The van der Waals surface area contributed by atoms with Crippen LogP contribution in [-0.4, -0.2) is 11.0 Å². The molecule has 5 heteroatoms. The summed E-state index contributed by atoms with van der Waals surface area (Å²) in [5.74, 6) is 1.11. The van der Waals surface area contributed by atoms with Crippen molar-refractivity contribution in [1.29, 1.82) is 0 Å². The number of furan rings is 1. The highest BCUT2D eigenvalue weighted by Gasteiger charge is 2.32. The van der Waals surface area contributed by atoms with Gasteiger partial charge >= 0.3 is 0 Å². The van der Waals surface area contributed by atoms with Crippen LogP contribution in [0, 0.1) is 6.92 Å². The monoisotopic (exact) mass is 285 g/mol. The number of aromatic nitrogens is 1. The molecule has 3 rings (SSSR count). The normalized spacial score (nSPS) is 18.9. The zero-order valence-corrected chi connectivity index (χ0v) is 10.4. The molecule has 0 aromatic carbocycles. The molecule has 3 heterocycles. The van der Waals surface area contributed by atoms with Gasteiger partial charge in [0.1, 0.15) is 12.9 Å². The fourth-order valence-corrected chi connectivity index (χ4v) is 3.18. The molecule has 0 bridgehead atoms. The molecule has 15 heavy (non-hydrogen) atoms. The minimum absolute atomic E-state index is 0.263. The molecule has 0 saturated carbocycles. The van der Waals surface area contributed by atoms with Crippen molar-refractivity contribution in [3.63, 3.8) is 0 Å². The predicted molar refractivity (Wildman–Crippen MR) is 60.6 cm³/mol. The highest BCUT2D eigenvalue weighted by Crippen LogP contribution is 2.44. The Balaban J connectivity index is 2.06. The summed E-state index contributed by atoms with van der Waals surface area (Å²) >= 11 is 4.93. The highest BCUT2D eigenvalue weighted by atomic mass is 79.9. The Bertz CT molecular complexity index is 505. The van der Waals surface area contributed by atoms with Gasteiger partial charge < -0.3 is 9.15 Å². The van der Waals surface area contributed by atoms with Gasteiger partial charge in [0.25, 0.3) is 0 Å². The summed E-state index contributed by atoms with van der Waals surface area (Å²) in [6, 6.07) is 2.10. The average molecular weight is 286 g/mol. The summed E-state index contributed by atoms with van der Waals surface area (Å²) in [6.45, 7) is 2.68. The van der Waals surface area contributed by atoms with Crippen LogP contribution in [0.2, 0.25) is 0 Å². The van der Waals surface area contributed by atoms with Crippen molar-refractivity contribution >= 4 is 27.5 Å². The van der Waals surface area contributed by atoms with Crippen molar-refractivity contribution in [2.24, 2.45) is 0 Å². The third-order valence-corrected chi connectivity index (χ3v) is 4.10. The van der Waals surface area contributed by atoms with E-state index < -0.39 is 0 Å². The summed E-state index contributed by atoms with van der Waals surface area (Å²) in [5.41, 5.74) is 2.17. The van der Waals surface area contributed by atoms with Crippen LogP contribution in [0.15, 0.2) is 21.4 Å². The predicted octanol–water partition coefficient (Wildman–Crippen LogP) is 3.33. The molecule has 0 fully saturated rings. The molecule has 0 radical (unpaired) electrons. The molecule has 1 aliphatic rings. The summed E-state index contributed by atoms with van der Waals surface area (Å²) in [7, 11) is 0. The molecular weight excluding hydrogens is 278 g/mol. The standard InChI is InChI=1S/C10H8BrNO2S/c1-5-2-8(15-12-5)6-3-13-7-4-14-10(11)9(6)7/h2,4,6H,3H2,1H3. The van der Waals surface area contributed by atoms with Crippen molar-refractivity contribution in [1.82, 2.24) is 4.37 Å². The van der Waals surface area contributed by atoms with E-state index in [1.54, 1.807) is 6.26 Å². The van der Waals surface area contributed by atoms with Gasteiger partial charge in [0.15, 0.2) is 10.4 Å². The molecule has 0 saturated heterocycles. The number of halogens is 1. The molecule has 3 nitrogen and oxygen atoms in total. The van der Waals surface area contributed by atoms with Crippen LogP contribution >= 0.6 is 27.5 Å². The Morgan fingerprint density at radius 1 is 1.60 bits per heavy atom. The van der Waals surface area contributed by atoms with Crippen molar-refractivity contribution in [3.05, 3.63) is 33.1 Å². The van der Waals surface area contributed by atoms with Gasteiger partial charge in [-0.1, -0.05) is 0 Å². The third-order valence-electron chi connectivity index (χ3n) is 2.49. The minimum Gasteiger partial charge on any atom is -0.489 e. The van der Waals surface area contributed by atoms with Gasteiger partial charge in [0, 0.05) is 4.88 Å². The van der Waals surface area contributed by atoms with Crippen LogP contribution in [0.3, 0.4) is 0 Å². The zero-order chi connectivity index (χ0) is 10.4. The number of fused-ring (bicyclic) bond motifs is 1. The summed E-state index contributed by atoms with van der Waals surface area (Å²) in [6.07, 6.45) is 1.65. The van der Waals surface area contributed by atoms with Gasteiger partial charge in [0.05, 0.1) is 17.2 Å². The SMILES string of the molecule is Cc1cc(C2COc3coc(Br)c32)sn1. The van der Waals surface area contributed by atoms with Crippen LogP contribution < -0.4 is 4.74 Å². The molecule has 1 atom stereocenters. The topological polar surface area (TPSA) is 35.3 Å². The van der Waals surface area contributed by atoms with E-state index in [4.69, 9.17) is 9.15 Å². The smallest absolute Gasteiger partial charge is 0.176 e. The minimum atomic E-state index is 0.263. The van der Waals surface area contributed by atoms with Crippen molar-refractivity contribution < 1.29 is 9.15 Å². The maximum absolute atomic E-state index is 5.55. The van der Waals surface area contributed by atoms with Crippen molar-refractivity contribution in [2.75, 3.05) is 6.61 Å². The lowest BCUT2D eigenvalue weighted by atomic mass is 10.0. The maximum Gasteiger partial charge on any atom is 0.176 e. The van der Waals surface area contributed by atoms with E-state index in [9.17, 15) is 0 Å². The molecule has 0 N–H and O–H groups in total. The lowest BCUT2D eigenvalue weighted by Crippen LogP contribution is -2.00. The van der Waals surface area contributed by atoms with Gasteiger partial charge in [-0.25, -0.2) is 0 Å². The van der Waals surface area contributed by atoms with Crippen molar-refractivity contribution in [2.45, 2.75) is 12.8 Å². The first-order valence-corrected chi connectivity index (χ1v) is 6.15. The van der Waals surface area contributed by atoms with Gasteiger partial charge in [0.2, 0.25) is 0 Å². The Labute approximate surface area is 99.4 Å². The first-order valence-electron chi connectivity index (χ1n) is 4.58. The van der Waals surface area contributed by atoms with E-state index in [0.29, 0.717) is 6.61 Å². The highest BCUT2D eigenvalue weighted by molar-refractivity contribution is 9.10. The molecular formula is C10H8BrNO2S. The van der Waals surface area contributed by atoms with E-state index in [1.165, 1.54) is 16.4 Å². The fraction of sp³-hybridized carbons (Fsp3) is 0.300. The number of hydrogen-bond donors (Lipinski definition) is 0. The lowest BCUT2D eigenvalue weighted by Gasteiger charge is -2.03. The summed E-state index contributed by atoms with van der Waals surface area (Å²) < 4.78 is 15.9. The fourth-order valence-electron chi connectivity index (χ4n) is 1.78. The largest absolute Gasteiger partial charge is 0.489 e. The van der Waals surface area contributed by atoms with E-state index in [2.05, 4.69) is 26.4 Å². The van der Waals surface area contributed by atoms with Crippen LogP contribution in [0.25, 0.3) is 0 Å². The molecule has 1 unspecified atom stereocenters. The van der Waals surface area contributed by atoms with Crippen LogP contribution in [0.1, 0.15) is 22.1 Å². The lowest BCUT2D eigenvalue weighted by molar-refractivity contribution is 0.332. The average Bonchev–Trinajstić information content (AvgIpc) is 2.84. The molecule has 1 aliphatic heterocycles. The molecule has 2 aromatic rings. The summed E-state index contributed by atoms with van der Waals surface area (Å²) in [4.78, 5) is 1.23. The Kier molecular flexibility index (Phi) is 2.10. The van der Waals surface area contributed by atoms with Gasteiger partial charge in [-0.2, -0.15) is 4.37 Å². The third kappa shape index (κ3) is 1.41. The van der Waals surface area contributed by atoms with E-state index in [0.717, 1.165) is 21.7 Å². The number of ether oxygens (including phenoxy) is 1. The van der Waals surface area contributed by atoms with Crippen molar-refractivity contribution in [3.8, 4) is 5.75 Å². The van der Waals surface area contributed by atoms with Gasteiger partial charge in [-0.15, -0.1) is 0 Å². The Morgan fingerprint density at radius 2 is 2.47 bits per heavy atom. The first kappa shape index (κ1) is 9.42. The van der Waals surface area contributed by atoms with Gasteiger partial charge in [-0.3, -0.25) is 0 Å². The number of hydrogen-bond acceptors (Lipinski definition) is 4. The molecule has 0 amide bonds. The molecule has 78 valence electrons. The van der Waals surface area contributed by atoms with Crippen LogP contribution in [0.5, 0.6) is 5.75 Å². The second kappa shape index (κ2) is 3.35. The zero-order valence-electron chi connectivity index (χ0n) is 7.99. The quantitative estimate of drug-likeness (QED) is 0.806. The summed E-state index contributed by atoms with van der Waals surface area (Å²) in [5, 5.41) is 0. The number of rotatable bonds is 1. The second-order valence-electron chi connectivity index (χ2n) is 3.52. The number of aryl methyl sites for hydroxylation is 1. The number of nitrogens with zero attached hydrogens (tertiary/aromatic N) is 1. The Hall–Kier alpha value is -0.810. The second-order valence-corrected chi connectivity index (χ2v) is 5.08. The molecule has 0 aliphatic carbocycles. The van der Waals surface area contributed by atoms with Crippen LogP contribution in [0.4, 0.5) is 0 Å².